The van der Waals surface area contributed by atoms with E-state index in [2.05, 4.69) is 52.0 Å². The van der Waals surface area contributed by atoms with E-state index in [1.165, 1.54) is 115 Å². The highest BCUT2D eigenvalue weighted by Gasteiger charge is 2.20. The Labute approximate surface area is 195 Å². The molecule has 0 saturated heterocycles. The number of unbranched alkanes of at least 4 members (excludes halogenated alkanes) is 12. The number of ether oxygens (including phenoxy) is 1. The molecule has 0 aliphatic carbocycles. The number of rotatable bonds is 21. The maximum absolute atomic E-state index is 6.11. The Morgan fingerprint density at radius 2 is 1.16 bits per heavy atom. The standard InChI is InChI=1S/C29H54NO/c1-5-9-10-11-12-13-14-15-16-17-18-19-20-22-28-23-21-24-29(27-28)31-26-25-30(6-2,7-3)8-4/h21,23-24,27H,5-20,22,25-26H2,1-4H3/q+1. The normalized spacial score (nSPS) is 11.7. The minimum absolute atomic E-state index is 0.817. The molecule has 0 fully saturated rings. The fraction of sp³-hybridized carbons (Fsp3) is 0.793. The van der Waals surface area contributed by atoms with Crippen molar-refractivity contribution < 1.29 is 9.22 Å². The Kier molecular flexibility index (Phi) is 16.8. The van der Waals surface area contributed by atoms with E-state index < -0.39 is 0 Å². The van der Waals surface area contributed by atoms with Gasteiger partial charge >= 0.3 is 0 Å². The van der Waals surface area contributed by atoms with Gasteiger partial charge in [-0.15, -0.1) is 0 Å². The molecule has 0 aliphatic rings. The highest BCUT2D eigenvalue weighted by Crippen LogP contribution is 2.17. The van der Waals surface area contributed by atoms with Crippen LogP contribution in [0.1, 0.15) is 117 Å². The molecule has 1 rings (SSSR count). The second kappa shape index (κ2) is 18.5. The lowest BCUT2D eigenvalue weighted by Crippen LogP contribution is -2.49. The molecule has 0 radical (unpaired) electrons. The Balaban J connectivity index is 2.07. The van der Waals surface area contributed by atoms with E-state index in [4.69, 9.17) is 4.74 Å². The van der Waals surface area contributed by atoms with Crippen molar-refractivity contribution in [2.45, 2.75) is 118 Å². The lowest BCUT2D eigenvalue weighted by atomic mass is 10.0. The quantitative estimate of drug-likeness (QED) is 0.140. The van der Waals surface area contributed by atoms with Gasteiger partial charge < -0.3 is 9.22 Å². The van der Waals surface area contributed by atoms with Gasteiger partial charge in [-0.25, -0.2) is 0 Å². The number of likely N-dealkylation sites (N-methyl/N-ethyl adjacent to an activating group) is 1. The number of hydrogen-bond acceptors (Lipinski definition) is 1. The third kappa shape index (κ3) is 13.2. The SMILES string of the molecule is CCCCCCCCCCCCCCCc1cccc(OCC[N+](CC)(CC)CC)c1. The van der Waals surface area contributed by atoms with Crippen molar-refractivity contribution in [2.75, 3.05) is 32.8 Å². The van der Waals surface area contributed by atoms with Gasteiger partial charge in [0.2, 0.25) is 0 Å². The van der Waals surface area contributed by atoms with Crippen LogP contribution in [-0.4, -0.2) is 37.3 Å². The molecule has 0 amide bonds. The summed E-state index contributed by atoms with van der Waals surface area (Å²) in [6.07, 6.45) is 19.6. The number of hydrogen-bond donors (Lipinski definition) is 0. The molecule has 0 heterocycles. The van der Waals surface area contributed by atoms with E-state index in [1.807, 2.05) is 0 Å². The van der Waals surface area contributed by atoms with Crippen molar-refractivity contribution in [1.82, 2.24) is 0 Å². The summed E-state index contributed by atoms with van der Waals surface area (Å²) >= 11 is 0. The molecule has 0 unspecified atom stereocenters. The average Bonchev–Trinajstić information content (AvgIpc) is 2.80. The summed E-state index contributed by atoms with van der Waals surface area (Å²) in [6.45, 7) is 14.7. The zero-order valence-corrected chi connectivity index (χ0v) is 21.6. The molecule has 2 nitrogen and oxygen atoms in total. The molecule has 2 heteroatoms. The molecule has 0 spiro atoms. The van der Waals surface area contributed by atoms with Crippen molar-refractivity contribution in [3.05, 3.63) is 29.8 Å². The fourth-order valence-electron chi connectivity index (χ4n) is 4.64. The molecule has 31 heavy (non-hydrogen) atoms. The smallest absolute Gasteiger partial charge is 0.137 e. The zero-order chi connectivity index (χ0) is 22.6. The van der Waals surface area contributed by atoms with Gasteiger partial charge in [-0.3, -0.25) is 0 Å². The number of benzene rings is 1. The van der Waals surface area contributed by atoms with E-state index in [0.717, 1.165) is 23.4 Å². The van der Waals surface area contributed by atoms with Gasteiger partial charge in [0.25, 0.3) is 0 Å². The maximum Gasteiger partial charge on any atom is 0.137 e. The van der Waals surface area contributed by atoms with Crippen molar-refractivity contribution in [2.24, 2.45) is 0 Å². The van der Waals surface area contributed by atoms with E-state index >= 15 is 0 Å². The van der Waals surface area contributed by atoms with E-state index in [9.17, 15) is 0 Å². The van der Waals surface area contributed by atoms with Crippen LogP contribution in [0.5, 0.6) is 5.75 Å². The van der Waals surface area contributed by atoms with Gasteiger partial charge in [0, 0.05) is 0 Å². The molecule has 180 valence electrons. The maximum atomic E-state index is 6.11. The Morgan fingerprint density at radius 3 is 1.68 bits per heavy atom. The van der Waals surface area contributed by atoms with Crippen LogP contribution in [0.25, 0.3) is 0 Å². The highest BCUT2D eigenvalue weighted by molar-refractivity contribution is 5.28. The van der Waals surface area contributed by atoms with Gasteiger partial charge in [0.05, 0.1) is 19.6 Å². The third-order valence-corrected chi connectivity index (χ3v) is 7.31. The predicted molar refractivity (Wildman–Crippen MR) is 138 cm³/mol. The van der Waals surface area contributed by atoms with Crippen LogP contribution < -0.4 is 4.74 Å². The molecule has 0 bridgehead atoms. The van der Waals surface area contributed by atoms with Crippen molar-refractivity contribution in [3.63, 3.8) is 0 Å². The van der Waals surface area contributed by atoms with Crippen LogP contribution in [0.2, 0.25) is 0 Å². The first-order valence-corrected chi connectivity index (χ1v) is 13.8. The summed E-state index contributed by atoms with van der Waals surface area (Å²) in [5, 5.41) is 0. The first-order valence-electron chi connectivity index (χ1n) is 13.8. The second-order valence-corrected chi connectivity index (χ2v) is 9.50. The lowest BCUT2D eigenvalue weighted by molar-refractivity contribution is -0.923. The molecule has 0 atom stereocenters. The third-order valence-electron chi connectivity index (χ3n) is 7.31. The Bertz CT molecular complexity index is 515. The van der Waals surface area contributed by atoms with Crippen molar-refractivity contribution in [1.29, 1.82) is 0 Å². The topological polar surface area (TPSA) is 9.23 Å². The second-order valence-electron chi connectivity index (χ2n) is 9.50. The summed E-state index contributed by atoms with van der Waals surface area (Å²) in [7, 11) is 0. The zero-order valence-electron chi connectivity index (χ0n) is 21.6. The molecule has 0 aliphatic heterocycles. The minimum atomic E-state index is 0.817. The summed E-state index contributed by atoms with van der Waals surface area (Å²) in [4.78, 5) is 0. The number of nitrogens with zero attached hydrogens (tertiary/aromatic N) is 1. The van der Waals surface area contributed by atoms with E-state index in [1.54, 1.807) is 0 Å². The molecule has 0 saturated carbocycles. The van der Waals surface area contributed by atoms with Crippen molar-refractivity contribution >= 4 is 0 Å². The van der Waals surface area contributed by atoms with Gasteiger partial charge in [-0.2, -0.15) is 0 Å². The monoisotopic (exact) mass is 432 g/mol. The molecule has 1 aromatic carbocycles. The first kappa shape index (κ1) is 28.0. The van der Waals surface area contributed by atoms with Crippen LogP contribution in [0.3, 0.4) is 0 Å². The minimum Gasteiger partial charge on any atom is -0.488 e. The summed E-state index contributed by atoms with van der Waals surface area (Å²) in [6, 6.07) is 8.80. The predicted octanol–water partition coefficient (Wildman–Crippen LogP) is 8.58. The molecule has 0 N–H and O–H groups in total. The number of quaternary nitrogens is 1. The number of aryl methyl sites for hydroxylation is 1. The van der Waals surface area contributed by atoms with E-state index in [0.29, 0.717) is 0 Å². The van der Waals surface area contributed by atoms with Gasteiger partial charge in [-0.05, 0) is 51.3 Å². The van der Waals surface area contributed by atoms with Gasteiger partial charge in [-0.1, -0.05) is 96.1 Å². The Hall–Kier alpha value is -1.02. The molecule has 1 aromatic rings. The van der Waals surface area contributed by atoms with Crippen LogP contribution in [0, 0.1) is 0 Å². The van der Waals surface area contributed by atoms with Crippen LogP contribution in [0.4, 0.5) is 0 Å². The summed E-state index contributed by atoms with van der Waals surface area (Å²) in [5.74, 6) is 1.05. The van der Waals surface area contributed by atoms with Crippen LogP contribution in [-0.2, 0) is 6.42 Å². The largest absolute Gasteiger partial charge is 0.488 e. The molecule has 0 aromatic heterocycles. The first-order chi connectivity index (χ1) is 15.2. The van der Waals surface area contributed by atoms with Gasteiger partial charge in [0.1, 0.15) is 18.9 Å². The van der Waals surface area contributed by atoms with E-state index in [-0.39, 0.29) is 0 Å². The van der Waals surface area contributed by atoms with Gasteiger partial charge in [0.15, 0.2) is 0 Å². The summed E-state index contributed by atoms with van der Waals surface area (Å²) < 4.78 is 7.26. The van der Waals surface area contributed by atoms with Crippen LogP contribution >= 0.6 is 0 Å². The van der Waals surface area contributed by atoms with Crippen LogP contribution in [0.15, 0.2) is 24.3 Å². The molecular formula is C29H54NO+. The fourth-order valence-corrected chi connectivity index (χ4v) is 4.64. The highest BCUT2D eigenvalue weighted by atomic mass is 16.5. The average molecular weight is 433 g/mol. The Morgan fingerprint density at radius 1 is 0.645 bits per heavy atom. The van der Waals surface area contributed by atoms with Crippen molar-refractivity contribution in [3.8, 4) is 5.75 Å². The molecular weight excluding hydrogens is 378 g/mol. The summed E-state index contributed by atoms with van der Waals surface area (Å²) in [5.41, 5.74) is 1.43. The lowest BCUT2D eigenvalue weighted by Gasteiger charge is -2.35.